The van der Waals surface area contributed by atoms with Crippen LogP contribution in [0.1, 0.15) is 42.1 Å². The van der Waals surface area contributed by atoms with Gasteiger partial charge in [-0.3, -0.25) is 9.59 Å². The molecule has 1 aliphatic heterocycles. The van der Waals surface area contributed by atoms with Crippen molar-refractivity contribution in [2.45, 2.75) is 32.3 Å². The Hall–Kier alpha value is -3.41. The number of likely N-dealkylation sites (tertiary alicyclic amines) is 1. The molecule has 0 aliphatic carbocycles. The second kappa shape index (κ2) is 8.95. The van der Waals surface area contributed by atoms with Crippen LogP contribution in [0.4, 0.5) is 0 Å². The summed E-state index contributed by atoms with van der Waals surface area (Å²) in [5.74, 6) is 0.187. The number of piperidine rings is 1. The number of carbonyl (C=O) groups is 2. The Bertz CT molecular complexity index is 1020. The van der Waals surface area contributed by atoms with Gasteiger partial charge in [0.25, 0.3) is 5.91 Å². The highest BCUT2D eigenvalue weighted by atomic mass is 16.5. The fraction of sp³-hybridized carbons (Fsp3) is 0.292. The molecule has 1 atom stereocenters. The number of nitrogens with zero attached hydrogens (tertiary/aromatic N) is 3. The summed E-state index contributed by atoms with van der Waals surface area (Å²) in [5, 5.41) is 4.31. The molecule has 154 valence electrons. The van der Waals surface area contributed by atoms with Crippen molar-refractivity contribution in [1.29, 1.82) is 0 Å². The molecule has 3 aromatic rings. The highest BCUT2D eigenvalue weighted by Gasteiger charge is 2.25. The first-order valence-corrected chi connectivity index (χ1v) is 10.3. The van der Waals surface area contributed by atoms with E-state index in [0.29, 0.717) is 16.9 Å². The molecular formula is C24H25N3O3. The predicted molar refractivity (Wildman–Crippen MR) is 114 cm³/mol. The summed E-state index contributed by atoms with van der Waals surface area (Å²) >= 11 is 0. The van der Waals surface area contributed by atoms with Gasteiger partial charge in [-0.2, -0.15) is 5.10 Å². The summed E-state index contributed by atoms with van der Waals surface area (Å²) in [4.78, 5) is 27.7. The van der Waals surface area contributed by atoms with Gasteiger partial charge in [-0.25, -0.2) is 4.68 Å². The predicted octanol–water partition coefficient (Wildman–Crippen LogP) is 3.88. The quantitative estimate of drug-likeness (QED) is 0.586. The second-order valence-electron chi connectivity index (χ2n) is 7.48. The van der Waals surface area contributed by atoms with Crippen LogP contribution < -0.4 is 4.74 Å². The van der Waals surface area contributed by atoms with Crippen LogP contribution in [0.15, 0.2) is 67.0 Å². The molecule has 1 aliphatic rings. The van der Waals surface area contributed by atoms with Crippen LogP contribution in [-0.4, -0.2) is 45.6 Å². The Labute approximate surface area is 176 Å². The largest absolute Gasteiger partial charge is 0.480 e. The average molecular weight is 403 g/mol. The first-order chi connectivity index (χ1) is 14.6. The lowest BCUT2D eigenvalue weighted by Crippen LogP contribution is -2.43. The van der Waals surface area contributed by atoms with E-state index in [1.807, 2.05) is 35.2 Å². The molecule has 6 heteroatoms. The topological polar surface area (TPSA) is 64.4 Å². The number of aromatic nitrogens is 2. The van der Waals surface area contributed by atoms with Gasteiger partial charge in [0.05, 0.1) is 23.0 Å². The zero-order chi connectivity index (χ0) is 20.9. The average Bonchev–Trinajstić information content (AvgIpc) is 3.30. The van der Waals surface area contributed by atoms with E-state index in [-0.39, 0.29) is 11.7 Å². The van der Waals surface area contributed by atoms with E-state index in [4.69, 9.17) is 4.74 Å². The van der Waals surface area contributed by atoms with E-state index >= 15 is 0 Å². The number of benzene rings is 2. The molecule has 0 saturated carbocycles. The molecule has 0 bridgehead atoms. The van der Waals surface area contributed by atoms with E-state index in [1.54, 1.807) is 48.3 Å². The Morgan fingerprint density at radius 3 is 2.43 bits per heavy atom. The van der Waals surface area contributed by atoms with Gasteiger partial charge in [-0.1, -0.05) is 30.3 Å². The van der Waals surface area contributed by atoms with Crippen LogP contribution in [-0.2, 0) is 4.79 Å². The van der Waals surface area contributed by atoms with Crippen LogP contribution in [0, 0.1) is 0 Å². The lowest BCUT2D eigenvalue weighted by atomic mass is 10.1. The minimum absolute atomic E-state index is 0.0335. The van der Waals surface area contributed by atoms with Crippen LogP contribution in [0.2, 0.25) is 0 Å². The van der Waals surface area contributed by atoms with Crippen LogP contribution in [0.3, 0.4) is 0 Å². The van der Waals surface area contributed by atoms with Gasteiger partial charge >= 0.3 is 0 Å². The molecule has 1 aromatic heterocycles. The molecule has 30 heavy (non-hydrogen) atoms. The molecule has 1 amide bonds. The monoisotopic (exact) mass is 403 g/mol. The van der Waals surface area contributed by atoms with E-state index < -0.39 is 6.10 Å². The van der Waals surface area contributed by atoms with Gasteiger partial charge < -0.3 is 9.64 Å². The van der Waals surface area contributed by atoms with Gasteiger partial charge in [-0.15, -0.1) is 0 Å². The van der Waals surface area contributed by atoms with Crippen LogP contribution in [0.5, 0.6) is 5.75 Å². The third-order valence-corrected chi connectivity index (χ3v) is 5.32. The van der Waals surface area contributed by atoms with Crippen molar-refractivity contribution >= 4 is 11.7 Å². The maximum atomic E-state index is 13.1. The Morgan fingerprint density at radius 2 is 1.67 bits per heavy atom. The number of hydrogen-bond donors (Lipinski definition) is 0. The highest BCUT2D eigenvalue weighted by Crippen LogP contribution is 2.24. The van der Waals surface area contributed by atoms with Gasteiger partial charge in [0.2, 0.25) is 0 Å². The molecule has 2 aromatic carbocycles. The maximum absolute atomic E-state index is 13.1. The van der Waals surface area contributed by atoms with Crippen LogP contribution >= 0.6 is 0 Å². The van der Waals surface area contributed by atoms with E-state index in [9.17, 15) is 9.59 Å². The van der Waals surface area contributed by atoms with E-state index in [2.05, 4.69) is 5.10 Å². The fourth-order valence-corrected chi connectivity index (χ4v) is 3.69. The molecule has 1 fully saturated rings. The van der Waals surface area contributed by atoms with Crippen LogP contribution in [0.25, 0.3) is 5.69 Å². The highest BCUT2D eigenvalue weighted by molar-refractivity contribution is 6.10. The molecule has 0 radical (unpaired) electrons. The third-order valence-electron chi connectivity index (χ3n) is 5.32. The van der Waals surface area contributed by atoms with Crippen molar-refractivity contribution < 1.29 is 14.3 Å². The van der Waals surface area contributed by atoms with E-state index in [0.717, 1.165) is 38.0 Å². The zero-order valence-corrected chi connectivity index (χ0v) is 17.0. The van der Waals surface area contributed by atoms with E-state index in [1.165, 1.54) is 0 Å². The van der Waals surface area contributed by atoms with Crippen molar-refractivity contribution in [2.24, 2.45) is 0 Å². The van der Waals surface area contributed by atoms with Crippen molar-refractivity contribution in [1.82, 2.24) is 14.7 Å². The van der Waals surface area contributed by atoms with Crippen molar-refractivity contribution in [3.63, 3.8) is 0 Å². The molecule has 1 saturated heterocycles. The number of amides is 1. The lowest BCUT2D eigenvalue weighted by Gasteiger charge is -2.29. The number of para-hydroxylation sites is 2. The summed E-state index contributed by atoms with van der Waals surface area (Å²) in [5.41, 5.74) is 1.76. The lowest BCUT2D eigenvalue weighted by molar-refractivity contribution is -0.138. The summed E-state index contributed by atoms with van der Waals surface area (Å²) in [6, 6.07) is 16.7. The zero-order valence-electron chi connectivity index (χ0n) is 17.0. The Kier molecular flexibility index (Phi) is 5.93. The first kappa shape index (κ1) is 19.9. The minimum Gasteiger partial charge on any atom is -0.480 e. The number of hydrogen-bond acceptors (Lipinski definition) is 4. The molecule has 6 nitrogen and oxygen atoms in total. The molecule has 2 heterocycles. The second-order valence-corrected chi connectivity index (χ2v) is 7.48. The summed E-state index contributed by atoms with van der Waals surface area (Å²) in [6.07, 6.45) is 5.82. The number of rotatable bonds is 6. The van der Waals surface area contributed by atoms with Crippen molar-refractivity contribution in [3.8, 4) is 11.4 Å². The molecule has 0 spiro atoms. The summed E-state index contributed by atoms with van der Waals surface area (Å²) < 4.78 is 7.62. The van der Waals surface area contributed by atoms with Gasteiger partial charge in [0.15, 0.2) is 11.9 Å². The summed E-state index contributed by atoms with van der Waals surface area (Å²) in [7, 11) is 0. The SMILES string of the molecule is C[C@H](Oc1ccccc1C(=O)c1cnn(-c2ccccc2)c1)C(=O)N1CCCCC1. The maximum Gasteiger partial charge on any atom is 0.263 e. The minimum atomic E-state index is -0.649. The fourth-order valence-electron chi connectivity index (χ4n) is 3.69. The number of ketones is 1. The molecule has 0 N–H and O–H groups in total. The number of carbonyl (C=O) groups excluding carboxylic acids is 2. The normalized spacial score (nSPS) is 14.9. The Balaban J connectivity index is 1.52. The summed E-state index contributed by atoms with van der Waals surface area (Å²) in [6.45, 7) is 3.28. The smallest absolute Gasteiger partial charge is 0.263 e. The van der Waals surface area contributed by atoms with Gasteiger partial charge in [0.1, 0.15) is 5.75 Å². The van der Waals surface area contributed by atoms with Crippen molar-refractivity contribution in [2.75, 3.05) is 13.1 Å². The molecule has 0 unspecified atom stereocenters. The Morgan fingerprint density at radius 1 is 0.967 bits per heavy atom. The molecular weight excluding hydrogens is 378 g/mol. The van der Waals surface area contributed by atoms with Gasteiger partial charge in [-0.05, 0) is 50.5 Å². The molecule has 4 rings (SSSR count). The third kappa shape index (κ3) is 4.27. The number of ether oxygens (including phenoxy) is 1. The standard InChI is InChI=1S/C24H25N3O3/c1-18(24(29)26-14-8-3-9-15-26)30-22-13-7-6-12-21(22)23(28)19-16-25-27(17-19)20-10-4-2-5-11-20/h2,4-7,10-13,16-18H,3,8-9,14-15H2,1H3/t18-/m0/s1. The first-order valence-electron chi connectivity index (χ1n) is 10.3. The van der Waals surface area contributed by atoms with Crippen molar-refractivity contribution in [3.05, 3.63) is 78.1 Å². The van der Waals surface area contributed by atoms with Gasteiger partial charge in [0, 0.05) is 19.3 Å².